The van der Waals surface area contributed by atoms with E-state index < -0.39 is 0 Å². The van der Waals surface area contributed by atoms with Crippen molar-refractivity contribution in [1.29, 1.82) is 0 Å². The minimum atomic E-state index is -0.102. The van der Waals surface area contributed by atoms with Gasteiger partial charge in [0.05, 0.1) is 12.2 Å². The van der Waals surface area contributed by atoms with Gasteiger partial charge in [0.1, 0.15) is 5.82 Å². The lowest BCUT2D eigenvalue weighted by Gasteiger charge is -2.08. The second kappa shape index (κ2) is 5.93. The topological polar surface area (TPSA) is 54.9 Å². The molecule has 98 valence electrons. The van der Waals surface area contributed by atoms with Crippen LogP contribution >= 0.6 is 15.9 Å². The van der Waals surface area contributed by atoms with Gasteiger partial charge < -0.3 is 5.32 Å². The molecule has 0 fully saturated rings. The number of aromatic nitrogens is 2. The third-order valence-electron chi connectivity index (χ3n) is 2.78. The Balaban J connectivity index is 2.08. The Labute approximate surface area is 120 Å². The zero-order chi connectivity index (χ0) is 13.8. The molecular weight excluding hydrogens is 306 g/mol. The van der Waals surface area contributed by atoms with Gasteiger partial charge in [0, 0.05) is 16.2 Å². The molecule has 0 unspecified atom stereocenters. The number of hydrogen-bond acceptors (Lipinski definition) is 3. The van der Waals surface area contributed by atoms with Crippen molar-refractivity contribution in [3.05, 3.63) is 57.6 Å². The van der Waals surface area contributed by atoms with Gasteiger partial charge in [-0.05, 0) is 37.6 Å². The summed E-state index contributed by atoms with van der Waals surface area (Å²) in [7, 11) is 0. The summed E-state index contributed by atoms with van der Waals surface area (Å²) in [5, 5.41) is 2.86. The van der Waals surface area contributed by atoms with Crippen molar-refractivity contribution in [2.75, 3.05) is 0 Å². The van der Waals surface area contributed by atoms with Gasteiger partial charge in [0.25, 0.3) is 5.91 Å². The molecular formula is C14H14BrN3O. The molecule has 0 atom stereocenters. The Bertz CT molecular complexity index is 613. The van der Waals surface area contributed by atoms with Gasteiger partial charge in [0.2, 0.25) is 0 Å². The van der Waals surface area contributed by atoms with Gasteiger partial charge in [0.15, 0.2) is 0 Å². The molecule has 1 N–H and O–H groups in total. The number of halogens is 1. The van der Waals surface area contributed by atoms with Crippen LogP contribution in [0.25, 0.3) is 0 Å². The summed E-state index contributed by atoms with van der Waals surface area (Å²) in [4.78, 5) is 20.4. The molecule has 1 aromatic carbocycles. The third kappa shape index (κ3) is 3.38. The second-order valence-electron chi connectivity index (χ2n) is 4.19. The van der Waals surface area contributed by atoms with Crippen LogP contribution < -0.4 is 5.32 Å². The number of amides is 1. The quantitative estimate of drug-likeness (QED) is 0.946. The molecule has 0 aliphatic carbocycles. The Kier molecular flexibility index (Phi) is 4.27. The van der Waals surface area contributed by atoms with E-state index in [1.807, 2.05) is 26.0 Å². The molecule has 0 spiro atoms. The van der Waals surface area contributed by atoms with E-state index in [0.29, 0.717) is 17.9 Å². The molecule has 0 saturated carbocycles. The first-order chi connectivity index (χ1) is 9.08. The number of benzene rings is 1. The lowest BCUT2D eigenvalue weighted by molar-refractivity contribution is 0.0949. The average molecular weight is 320 g/mol. The van der Waals surface area contributed by atoms with E-state index >= 15 is 0 Å². The van der Waals surface area contributed by atoms with Crippen molar-refractivity contribution in [3.8, 4) is 0 Å². The largest absolute Gasteiger partial charge is 0.346 e. The summed E-state index contributed by atoms with van der Waals surface area (Å²) in [5.74, 6) is 0.598. The zero-order valence-corrected chi connectivity index (χ0v) is 12.4. The molecule has 4 nitrogen and oxygen atoms in total. The minimum Gasteiger partial charge on any atom is -0.346 e. The van der Waals surface area contributed by atoms with Crippen molar-refractivity contribution in [2.45, 2.75) is 20.4 Å². The van der Waals surface area contributed by atoms with Gasteiger partial charge in [-0.3, -0.25) is 4.79 Å². The SMILES string of the molecule is Cc1nccc(CNC(=O)c2cccc(Br)c2C)n1. The van der Waals surface area contributed by atoms with E-state index in [1.54, 1.807) is 18.3 Å². The van der Waals surface area contributed by atoms with Crippen LogP contribution in [0.3, 0.4) is 0 Å². The number of rotatable bonds is 3. The fourth-order valence-electron chi connectivity index (χ4n) is 1.72. The molecule has 1 heterocycles. The number of aryl methyl sites for hydroxylation is 1. The van der Waals surface area contributed by atoms with Crippen molar-refractivity contribution in [2.24, 2.45) is 0 Å². The van der Waals surface area contributed by atoms with Crippen LogP contribution in [0.4, 0.5) is 0 Å². The molecule has 0 bridgehead atoms. The molecule has 1 amide bonds. The summed E-state index contributed by atoms with van der Waals surface area (Å²) >= 11 is 3.42. The Morgan fingerprint density at radius 2 is 2.11 bits per heavy atom. The number of carbonyl (C=O) groups is 1. The highest BCUT2D eigenvalue weighted by Gasteiger charge is 2.10. The van der Waals surface area contributed by atoms with E-state index in [2.05, 4.69) is 31.2 Å². The molecule has 2 aromatic rings. The number of hydrogen-bond donors (Lipinski definition) is 1. The normalized spacial score (nSPS) is 10.3. The van der Waals surface area contributed by atoms with Gasteiger partial charge in [-0.1, -0.05) is 22.0 Å². The highest BCUT2D eigenvalue weighted by Crippen LogP contribution is 2.19. The molecule has 19 heavy (non-hydrogen) atoms. The first kappa shape index (κ1) is 13.7. The van der Waals surface area contributed by atoms with Crippen molar-refractivity contribution in [1.82, 2.24) is 15.3 Å². The fraction of sp³-hybridized carbons (Fsp3) is 0.214. The first-order valence-electron chi connectivity index (χ1n) is 5.90. The molecule has 0 saturated heterocycles. The fourth-order valence-corrected chi connectivity index (χ4v) is 2.09. The average Bonchev–Trinajstić information content (AvgIpc) is 2.39. The minimum absolute atomic E-state index is 0.102. The summed E-state index contributed by atoms with van der Waals surface area (Å²) in [5.41, 5.74) is 2.40. The Morgan fingerprint density at radius 3 is 2.84 bits per heavy atom. The Morgan fingerprint density at radius 1 is 1.32 bits per heavy atom. The van der Waals surface area contributed by atoms with Gasteiger partial charge in [-0.2, -0.15) is 0 Å². The summed E-state index contributed by atoms with van der Waals surface area (Å²) in [6.07, 6.45) is 1.69. The van der Waals surface area contributed by atoms with Crippen LogP contribution in [0.5, 0.6) is 0 Å². The van der Waals surface area contributed by atoms with E-state index in [9.17, 15) is 4.79 Å². The summed E-state index contributed by atoms with van der Waals surface area (Å²) in [6, 6.07) is 7.36. The smallest absolute Gasteiger partial charge is 0.251 e. The lowest BCUT2D eigenvalue weighted by Crippen LogP contribution is -2.24. The van der Waals surface area contributed by atoms with Crippen LogP contribution in [0, 0.1) is 13.8 Å². The van der Waals surface area contributed by atoms with Crippen LogP contribution in [0.1, 0.15) is 27.4 Å². The standard InChI is InChI=1S/C14H14BrN3O/c1-9-12(4-3-5-13(9)15)14(19)17-8-11-6-7-16-10(2)18-11/h3-7H,8H2,1-2H3,(H,17,19). The van der Waals surface area contributed by atoms with E-state index in [4.69, 9.17) is 0 Å². The predicted molar refractivity (Wildman–Crippen MR) is 76.8 cm³/mol. The predicted octanol–water partition coefficient (Wildman–Crippen LogP) is 2.79. The molecule has 0 aliphatic rings. The van der Waals surface area contributed by atoms with Gasteiger partial charge in [-0.25, -0.2) is 9.97 Å². The lowest BCUT2D eigenvalue weighted by atomic mass is 10.1. The number of nitrogens with one attached hydrogen (secondary N) is 1. The molecule has 0 aliphatic heterocycles. The van der Waals surface area contributed by atoms with E-state index in [0.717, 1.165) is 15.7 Å². The van der Waals surface area contributed by atoms with Crippen molar-refractivity contribution in [3.63, 3.8) is 0 Å². The van der Waals surface area contributed by atoms with Crippen molar-refractivity contribution >= 4 is 21.8 Å². The van der Waals surface area contributed by atoms with Crippen LogP contribution in [-0.2, 0) is 6.54 Å². The maximum Gasteiger partial charge on any atom is 0.251 e. The Hall–Kier alpha value is -1.75. The molecule has 5 heteroatoms. The maximum atomic E-state index is 12.1. The number of nitrogens with zero attached hydrogens (tertiary/aromatic N) is 2. The van der Waals surface area contributed by atoms with Crippen LogP contribution in [-0.4, -0.2) is 15.9 Å². The molecule has 0 radical (unpaired) electrons. The van der Waals surface area contributed by atoms with Crippen LogP contribution in [0.2, 0.25) is 0 Å². The molecule has 1 aromatic heterocycles. The monoisotopic (exact) mass is 319 g/mol. The second-order valence-corrected chi connectivity index (χ2v) is 5.04. The summed E-state index contributed by atoms with van der Waals surface area (Å²) < 4.78 is 0.929. The third-order valence-corrected chi connectivity index (χ3v) is 3.64. The van der Waals surface area contributed by atoms with Gasteiger partial charge in [-0.15, -0.1) is 0 Å². The molecule has 2 rings (SSSR count). The highest BCUT2D eigenvalue weighted by molar-refractivity contribution is 9.10. The van der Waals surface area contributed by atoms with E-state index in [-0.39, 0.29) is 5.91 Å². The maximum absolute atomic E-state index is 12.1. The van der Waals surface area contributed by atoms with Gasteiger partial charge >= 0.3 is 0 Å². The summed E-state index contributed by atoms with van der Waals surface area (Å²) in [6.45, 7) is 4.13. The zero-order valence-electron chi connectivity index (χ0n) is 10.8. The van der Waals surface area contributed by atoms with Crippen molar-refractivity contribution < 1.29 is 4.79 Å². The van der Waals surface area contributed by atoms with Crippen LogP contribution in [0.15, 0.2) is 34.9 Å². The van der Waals surface area contributed by atoms with E-state index in [1.165, 1.54) is 0 Å². The highest BCUT2D eigenvalue weighted by atomic mass is 79.9. The number of carbonyl (C=O) groups excluding carboxylic acids is 1. The first-order valence-corrected chi connectivity index (χ1v) is 6.69.